The average Bonchev–Trinajstić information content (AvgIpc) is 3.11. The van der Waals surface area contributed by atoms with Crippen molar-refractivity contribution in [2.45, 2.75) is 44.7 Å². The number of hydrogen-bond donors (Lipinski definition) is 0. The number of hydrogen-bond acceptors (Lipinski definition) is 7. The van der Waals surface area contributed by atoms with Crippen molar-refractivity contribution < 1.29 is 29.5 Å². The van der Waals surface area contributed by atoms with E-state index in [1.807, 2.05) is 99.8 Å². The third-order valence-corrected chi connectivity index (χ3v) is 12.4. The molecule has 1 atom stereocenters. The minimum atomic E-state index is -3.62. The molecule has 7 nitrogen and oxygen atoms in total. The molecule has 49 heavy (non-hydrogen) atoms. The van der Waals surface area contributed by atoms with Gasteiger partial charge in [-0.1, -0.05) is 0 Å². The predicted octanol–water partition coefficient (Wildman–Crippen LogP) is 8.79. The van der Waals surface area contributed by atoms with E-state index in [0.29, 0.717) is 22.4 Å². The fraction of sp³-hybridized carbons (Fsp3) is 0.244. The van der Waals surface area contributed by atoms with Crippen LogP contribution < -0.4 is 0 Å². The summed E-state index contributed by atoms with van der Waals surface area (Å²) in [5, 5.41) is 0. The van der Waals surface area contributed by atoms with Crippen LogP contribution >= 0.6 is 0 Å². The summed E-state index contributed by atoms with van der Waals surface area (Å²) in [5.41, 5.74) is -0.267. The summed E-state index contributed by atoms with van der Waals surface area (Å²) in [4.78, 5) is 53.0. The molecule has 0 amide bonds. The summed E-state index contributed by atoms with van der Waals surface area (Å²) in [6, 6.07) is 36.3. The van der Waals surface area contributed by atoms with Crippen LogP contribution in [0.5, 0.6) is 0 Å². The zero-order valence-electron chi connectivity index (χ0n) is 28.9. The topological polar surface area (TPSA) is 88.1 Å². The third kappa shape index (κ3) is 10.4. The van der Waals surface area contributed by atoms with Crippen molar-refractivity contribution in [3.8, 4) is 0 Å². The van der Waals surface area contributed by atoms with Crippen molar-refractivity contribution >= 4 is 52.5 Å². The molecule has 0 aliphatic rings. The van der Waals surface area contributed by atoms with Gasteiger partial charge < -0.3 is 0 Å². The van der Waals surface area contributed by atoms with Crippen LogP contribution in [0, 0.1) is 11.3 Å². The Morgan fingerprint density at radius 1 is 0.673 bits per heavy atom. The van der Waals surface area contributed by atoms with Gasteiger partial charge >= 0.3 is 300 Å². The summed E-state index contributed by atoms with van der Waals surface area (Å²) in [7, 11) is 0. The van der Waals surface area contributed by atoms with E-state index in [1.54, 1.807) is 60.7 Å². The fourth-order valence-electron chi connectivity index (χ4n) is 4.66. The van der Waals surface area contributed by atoms with E-state index >= 15 is 0 Å². The Balaban J connectivity index is 1.76. The molecule has 0 aliphatic heterocycles. The van der Waals surface area contributed by atoms with Gasteiger partial charge in [0.15, 0.2) is 0 Å². The van der Waals surface area contributed by atoms with Gasteiger partial charge in [-0.25, -0.2) is 0 Å². The quantitative estimate of drug-likeness (QED) is 0.0278. The number of rotatable bonds is 16. The van der Waals surface area contributed by atoms with E-state index in [9.17, 15) is 14.4 Å². The number of Topliss-reactive ketones (excluding diaryl/α,β-unsaturated/α-hetero) is 1. The summed E-state index contributed by atoms with van der Waals surface area (Å²) in [6.45, 7) is 8.87. The van der Waals surface area contributed by atoms with Crippen molar-refractivity contribution in [1.82, 2.24) is 0 Å². The van der Waals surface area contributed by atoms with E-state index in [1.165, 1.54) is 12.2 Å². The van der Waals surface area contributed by atoms with Crippen LogP contribution in [0.4, 0.5) is 0 Å². The Morgan fingerprint density at radius 3 is 1.63 bits per heavy atom. The normalized spacial score (nSPS) is 13.4. The van der Waals surface area contributed by atoms with Gasteiger partial charge in [0.05, 0.1) is 0 Å². The molecule has 4 rings (SSSR count). The van der Waals surface area contributed by atoms with Gasteiger partial charge in [-0.2, -0.15) is 0 Å². The van der Waals surface area contributed by atoms with Crippen LogP contribution in [0.1, 0.15) is 61.7 Å². The number of carbonyl (C=O) groups is 3. The van der Waals surface area contributed by atoms with Crippen LogP contribution in [-0.2, 0) is 30.3 Å². The number of benzene rings is 4. The Hall–Kier alpha value is -4.19. The van der Waals surface area contributed by atoms with Gasteiger partial charge in [-0.3, -0.25) is 0 Å². The maximum atomic E-state index is 14.6. The summed E-state index contributed by atoms with van der Waals surface area (Å²) in [6.07, 6.45) is 2.91. The van der Waals surface area contributed by atoms with Crippen molar-refractivity contribution in [3.63, 3.8) is 0 Å². The van der Waals surface area contributed by atoms with E-state index in [-0.39, 0.29) is 29.9 Å². The Kier molecular flexibility index (Phi) is 13.4. The molecule has 252 valence electrons. The number of carbonyl (C=O) groups excluding carboxylic acids is 3. The zero-order valence-corrected chi connectivity index (χ0v) is 33.4. The molecule has 4 aromatic carbocycles. The number of ketones is 3. The Morgan fingerprint density at radius 2 is 1.14 bits per heavy atom. The second kappa shape index (κ2) is 17.5. The van der Waals surface area contributed by atoms with Gasteiger partial charge in [0.1, 0.15) is 0 Å². The van der Waals surface area contributed by atoms with Crippen LogP contribution in [0.2, 0.25) is 4.48 Å². The molecule has 0 aliphatic carbocycles. The molecule has 0 saturated heterocycles. The monoisotopic (exact) mass is 852 g/mol. The first-order chi connectivity index (χ1) is 23.4. The summed E-state index contributed by atoms with van der Waals surface area (Å²) in [5.74, 6) is -0.285. The van der Waals surface area contributed by atoms with Gasteiger partial charge in [0.2, 0.25) is 0 Å². The van der Waals surface area contributed by atoms with Crippen molar-refractivity contribution in [2.75, 3.05) is 6.61 Å². The first kappa shape index (κ1) is 37.6. The van der Waals surface area contributed by atoms with Gasteiger partial charge in [-0.15, -0.1) is 0 Å². The molecule has 0 fully saturated rings. The molecule has 4 aromatic rings. The first-order valence-electron chi connectivity index (χ1n) is 16.3. The summed E-state index contributed by atoms with van der Waals surface area (Å²) < 4.78 is 14.8. The Labute approximate surface area is 298 Å². The van der Waals surface area contributed by atoms with Crippen molar-refractivity contribution in [3.05, 3.63) is 156 Å². The van der Waals surface area contributed by atoms with E-state index in [4.69, 9.17) is 15.1 Å². The molecule has 0 radical (unpaired) electrons. The second-order valence-electron chi connectivity index (χ2n) is 13.0. The molecule has 8 heteroatoms. The van der Waals surface area contributed by atoms with Crippen LogP contribution in [0.15, 0.2) is 133 Å². The zero-order chi connectivity index (χ0) is 35.4. The van der Waals surface area contributed by atoms with E-state index in [2.05, 4.69) is 0 Å². The van der Waals surface area contributed by atoms with E-state index < -0.39 is 40.4 Å². The first-order valence-corrected chi connectivity index (χ1v) is 24.5. The second-order valence-corrected chi connectivity index (χ2v) is 19.6. The SMILES string of the molecule is CC(C)C(=O)/C=C(/[O][Tl]([CH3])[O]CC(OO/C(=C/C(=O)C(C)(C)C)c1ccccc1)(C(=O)c1ccccc1)c1ccccc1)c1ccccc1. The molecule has 0 spiro atoms. The van der Waals surface area contributed by atoms with E-state index in [0.717, 1.165) is 5.56 Å². The maximum absolute atomic E-state index is 14.6. The predicted molar refractivity (Wildman–Crippen MR) is 193 cm³/mol. The third-order valence-electron chi connectivity index (χ3n) is 7.69. The standard InChI is InChI=1S/C28H27O5.C12H14O2.CH3.Tl/c1-27(2,3)25(30)19-24(21-13-7-4-8-14-21)32-33-28(20-29,23-17-11-6-12-18-23)26(31)22-15-9-5-10-16-22;1-9(2)11(13)8-12(14)10-6-4-3-5-7-10;;/h4-19H,20H2,1-3H3;3-9,14H,1-2H3;1H3;/q-1;;;+2/p-1/b24-19+;12-8+;;. The van der Waals surface area contributed by atoms with Crippen LogP contribution in [-0.4, -0.2) is 47.6 Å². The molecule has 0 aromatic heterocycles. The minimum absolute atomic E-state index is 0.0703. The van der Waals surface area contributed by atoms with Gasteiger partial charge in [-0.05, 0) is 0 Å². The van der Waals surface area contributed by atoms with Crippen molar-refractivity contribution in [2.24, 2.45) is 11.3 Å². The van der Waals surface area contributed by atoms with Gasteiger partial charge in [0, 0.05) is 0 Å². The molecule has 0 N–H and O–H groups in total. The molecule has 1 unspecified atom stereocenters. The molecule has 0 bridgehead atoms. The summed E-state index contributed by atoms with van der Waals surface area (Å²) >= 11 is -3.62. The average molecular weight is 852 g/mol. The Bertz CT molecular complexity index is 1750. The number of allylic oxidation sites excluding steroid dienone is 2. The van der Waals surface area contributed by atoms with Crippen LogP contribution in [0.3, 0.4) is 0 Å². The fourth-order valence-corrected chi connectivity index (χ4v) is 8.93. The van der Waals surface area contributed by atoms with Crippen molar-refractivity contribution in [1.29, 1.82) is 0 Å². The molecular formula is C41H43O7Tl. The van der Waals surface area contributed by atoms with Crippen LogP contribution in [0.25, 0.3) is 11.5 Å². The molecule has 0 heterocycles. The van der Waals surface area contributed by atoms with Gasteiger partial charge in [0.25, 0.3) is 0 Å². The molecular weight excluding hydrogens is 809 g/mol. The molecule has 0 saturated carbocycles.